The third-order valence-corrected chi connectivity index (χ3v) is 5.94. The molecule has 17 heavy (non-hydrogen) atoms. The molecule has 0 amide bonds. The SMILES string of the molecule is CCN(C1CNC1)S(=O)(=O)c1ccccc1Br. The van der Waals surface area contributed by atoms with Crippen LogP contribution in [0.4, 0.5) is 0 Å². The first kappa shape index (κ1) is 13.0. The molecule has 94 valence electrons. The van der Waals surface area contributed by atoms with Gasteiger partial charge < -0.3 is 5.32 Å². The van der Waals surface area contributed by atoms with Gasteiger partial charge in [0.1, 0.15) is 0 Å². The van der Waals surface area contributed by atoms with E-state index in [0.717, 1.165) is 13.1 Å². The second-order valence-corrected chi connectivity index (χ2v) is 6.66. The van der Waals surface area contributed by atoms with Gasteiger partial charge in [0.2, 0.25) is 10.0 Å². The lowest BCUT2D eigenvalue weighted by molar-refractivity contribution is 0.249. The third kappa shape index (κ3) is 2.40. The summed E-state index contributed by atoms with van der Waals surface area (Å²) >= 11 is 3.30. The molecule has 1 aliphatic rings. The van der Waals surface area contributed by atoms with Gasteiger partial charge in [-0.3, -0.25) is 0 Å². The molecule has 0 radical (unpaired) electrons. The minimum Gasteiger partial charge on any atom is -0.313 e. The van der Waals surface area contributed by atoms with Crippen LogP contribution in [0.25, 0.3) is 0 Å². The number of nitrogens with zero attached hydrogens (tertiary/aromatic N) is 1. The Morgan fingerprint density at radius 1 is 1.41 bits per heavy atom. The molecule has 1 N–H and O–H groups in total. The van der Waals surface area contributed by atoms with Crippen molar-refractivity contribution in [3.63, 3.8) is 0 Å². The minimum absolute atomic E-state index is 0.0807. The van der Waals surface area contributed by atoms with Crippen LogP contribution in [0.3, 0.4) is 0 Å². The summed E-state index contributed by atoms with van der Waals surface area (Å²) in [5, 5.41) is 3.10. The van der Waals surface area contributed by atoms with Crippen molar-refractivity contribution in [2.75, 3.05) is 19.6 Å². The van der Waals surface area contributed by atoms with Crippen molar-refractivity contribution >= 4 is 26.0 Å². The summed E-state index contributed by atoms with van der Waals surface area (Å²) in [5.41, 5.74) is 0. The molecule has 1 heterocycles. The Balaban J connectivity index is 2.37. The maximum absolute atomic E-state index is 12.5. The van der Waals surface area contributed by atoms with Crippen molar-refractivity contribution < 1.29 is 8.42 Å². The number of rotatable bonds is 4. The van der Waals surface area contributed by atoms with Gasteiger partial charge in [-0.15, -0.1) is 0 Å². The van der Waals surface area contributed by atoms with Crippen LogP contribution in [-0.2, 0) is 10.0 Å². The van der Waals surface area contributed by atoms with E-state index in [4.69, 9.17) is 0 Å². The number of benzene rings is 1. The van der Waals surface area contributed by atoms with Crippen LogP contribution >= 0.6 is 15.9 Å². The first-order chi connectivity index (χ1) is 8.07. The summed E-state index contributed by atoms with van der Waals surface area (Å²) < 4.78 is 27.1. The molecule has 1 fully saturated rings. The standard InChI is InChI=1S/C11H15BrN2O2S/c1-2-14(9-7-13-8-9)17(15,16)11-6-4-3-5-10(11)12/h3-6,9,13H,2,7-8H2,1H3. The lowest BCUT2D eigenvalue weighted by atomic mass is 10.2. The van der Waals surface area contributed by atoms with E-state index in [9.17, 15) is 8.42 Å². The van der Waals surface area contributed by atoms with Crippen LogP contribution in [0.2, 0.25) is 0 Å². The molecule has 1 aromatic rings. The second-order valence-electron chi connectivity index (χ2n) is 3.95. The number of hydrogen-bond acceptors (Lipinski definition) is 3. The highest BCUT2D eigenvalue weighted by atomic mass is 79.9. The van der Waals surface area contributed by atoms with E-state index in [-0.39, 0.29) is 6.04 Å². The quantitative estimate of drug-likeness (QED) is 0.913. The molecule has 0 spiro atoms. The number of halogens is 1. The molecule has 1 aliphatic heterocycles. The topological polar surface area (TPSA) is 49.4 Å². The largest absolute Gasteiger partial charge is 0.313 e. The molecule has 1 saturated heterocycles. The highest BCUT2D eigenvalue weighted by Crippen LogP contribution is 2.26. The van der Waals surface area contributed by atoms with Crippen molar-refractivity contribution in [2.45, 2.75) is 17.9 Å². The Bertz CT molecular complexity index is 500. The van der Waals surface area contributed by atoms with Crippen molar-refractivity contribution in [3.8, 4) is 0 Å². The predicted molar refractivity (Wildman–Crippen MR) is 70.4 cm³/mol. The Morgan fingerprint density at radius 2 is 2.06 bits per heavy atom. The molecule has 4 nitrogen and oxygen atoms in total. The van der Waals surface area contributed by atoms with Gasteiger partial charge in [-0.25, -0.2) is 8.42 Å². The molecule has 0 unspecified atom stereocenters. The number of nitrogens with one attached hydrogen (secondary N) is 1. The Hall–Kier alpha value is -0.430. The minimum atomic E-state index is -3.40. The van der Waals surface area contributed by atoms with Crippen LogP contribution in [0, 0.1) is 0 Å². The van der Waals surface area contributed by atoms with Gasteiger partial charge in [-0.2, -0.15) is 4.31 Å². The van der Waals surface area contributed by atoms with E-state index >= 15 is 0 Å². The molecular weight excluding hydrogens is 304 g/mol. The number of likely N-dealkylation sites (N-methyl/N-ethyl adjacent to an activating group) is 1. The molecule has 0 bridgehead atoms. The van der Waals surface area contributed by atoms with Gasteiger partial charge in [0.15, 0.2) is 0 Å². The zero-order valence-corrected chi connectivity index (χ0v) is 12.0. The van der Waals surface area contributed by atoms with E-state index in [1.54, 1.807) is 22.5 Å². The summed E-state index contributed by atoms with van der Waals surface area (Å²) in [6.45, 7) is 3.83. The molecule has 0 aromatic heterocycles. The average Bonchev–Trinajstić information content (AvgIpc) is 2.23. The first-order valence-corrected chi connectivity index (χ1v) is 7.77. The first-order valence-electron chi connectivity index (χ1n) is 5.54. The van der Waals surface area contributed by atoms with Crippen LogP contribution in [-0.4, -0.2) is 38.4 Å². The fourth-order valence-corrected chi connectivity index (χ4v) is 4.48. The molecular formula is C11H15BrN2O2S. The highest BCUT2D eigenvalue weighted by Gasteiger charge is 2.34. The fourth-order valence-electron chi connectivity index (χ4n) is 1.88. The monoisotopic (exact) mass is 318 g/mol. The summed E-state index contributed by atoms with van der Waals surface area (Å²) in [5.74, 6) is 0. The average molecular weight is 319 g/mol. The Labute approximate surface area is 110 Å². The third-order valence-electron chi connectivity index (χ3n) is 2.90. The van der Waals surface area contributed by atoms with Crippen molar-refractivity contribution in [1.29, 1.82) is 0 Å². The molecule has 2 rings (SSSR count). The highest BCUT2D eigenvalue weighted by molar-refractivity contribution is 9.10. The summed E-state index contributed by atoms with van der Waals surface area (Å²) in [4.78, 5) is 0.341. The Kier molecular flexibility index (Phi) is 3.87. The molecule has 0 saturated carbocycles. The van der Waals surface area contributed by atoms with Crippen LogP contribution in [0.15, 0.2) is 33.6 Å². The maximum atomic E-state index is 12.5. The lowest BCUT2D eigenvalue weighted by Gasteiger charge is -2.36. The zero-order valence-electron chi connectivity index (χ0n) is 9.56. The van der Waals surface area contributed by atoms with Gasteiger partial charge in [0, 0.05) is 30.1 Å². The molecule has 0 aliphatic carbocycles. The van der Waals surface area contributed by atoms with Crippen LogP contribution in [0.5, 0.6) is 0 Å². The lowest BCUT2D eigenvalue weighted by Crippen LogP contribution is -2.58. The van der Waals surface area contributed by atoms with Gasteiger partial charge in [0.05, 0.1) is 4.90 Å². The summed E-state index contributed by atoms with van der Waals surface area (Å²) in [6.07, 6.45) is 0. The van der Waals surface area contributed by atoms with Gasteiger partial charge in [-0.1, -0.05) is 19.1 Å². The molecule has 1 aromatic carbocycles. The Morgan fingerprint density at radius 3 is 2.53 bits per heavy atom. The van der Waals surface area contributed by atoms with E-state index in [2.05, 4.69) is 21.2 Å². The van der Waals surface area contributed by atoms with E-state index in [1.165, 1.54) is 0 Å². The maximum Gasteiger partial charge on any atom is 0.244 e. The second kappa shape index (κ2) is 5.06. The van der Waals surface area contributed by atoms with Crippen LogP contribution in [0.1, 0.15) is 6.92 Å². The van der Waals surface area contributed by atoms with E-state index in [1.807, 2.05) is 13.0 Å². The summed E-state index contributed by atoms with van der Waals surface area (Å²) in [6, 6.07) is 7.01. The van der Waals surface area contributed by atoms with Crippen molar-refractivity contribution in [1.82, 2.24) is 9.62 Å². The van der Waals surface area contributed by atoms with Crippen molar-refractivity contribution in [2.24, 2.45) is 0 Å². The smallest absolute Gasteiger partial charge is 0.244 e. The predicted octanol–water partition coefficient (Wildman–Crippen LogP) is 1.43. The number of hydrogen-bond donors (Lipinski definition) is 1. The van der Waals surface area contributed by atoms with Gasteiger partial charge >= 0.3 is 0 Å². The molecule has 0 atom stereocenters. The van der Waals surface area contributed by atoms with E-state index in [0.29, 0.717) is 15.9 Å². The van der Waals surface area contributed by atoms with Gasteiger partial charge in [0.25, 0.3) is 0 Å². The van der Waals surface area contributed by atoms with Gasteiger partial charge in [-0.05, 0) is 28.1 Å². The fraction of sp³-hybridized carbons (Fsp3) is 0.455. The summed E-state index contributed by atoms with van der Waals surface area (Å²) in [7, 11) is -3.40. The zero-order chi connectivity index (χ0) is 12.5. The van der Waals surface area contributed by atoms with Crippen molar-refractivity contribution in [3.05, 3.63) is 28.7 Å². The number of sulfonamides is 1. The normalized spacial score (nSPS) is 17.1. The van der Waals surface area contributed by atoms with Crippen LogP contribution < -0.4 is 5.32 Å². The van der Waals surface area contributed by atoms with E-state index < -0.39 is 10.0 Å². The molecule has 6 heteroatoms.